The number of fused-ring (bicyclic) bond motifs is 1. The molecular formula is C15H11F3N4O3S. The summed E-state index contributed by atoms with van der Waals surface area (Å²) in [5.41, 5.74) is -2.06. The highest BCUT2D eigenvalue weighted by atomic mass is 32.1. The van der Waals surface area contributed by atoms with Crippen LogP contribution in [0.25, 0.3) is 10.2 Å². The van der Waals surface area contributed by atoms with E-state index in [2.05, 4.69) is 9.97 Å². The van der Waals surface area contributed by atoms with Gasteiger partial charge in [0.25, 0.3) is 11.2 Å². The molecule has 0 bridgehead atoms. The predicted octanol–water partition coefficient (Wildman–Crippen LogP) is 3.55. The summed E-state index contributed by atoms with van der Waals surface area (Å²) in [7, 11) is 1.50. The molecule has 0 amide bonds. The molecule has 3 aromatic rings. The third kappa shape index (κ3) is 3.38. The highest BCUT2D eigenvalue weighted by Gasteiger charge is 2.38. The lowest BCUT2D eigenvalue weighted by Gasteiger charge is -2.20. The van der Waals surface area contributed by atoms with Crippen LogP contribution in [0.1, 0.15) is 11.4 Å². The van der Waals surface area contributed by atoms with E-state index < -0.39 is 22.4 Å². The van der Waals surface area contributed by atoms with Gasteiger partial charge in [-0.15, -0.1) is 11.3 Å². The number of hydrogen-bond donors (Lipinski definition) is 1. The van der Waals surface area contributed by atoms with E-state index in [9.17, 15) is 28.1 Å². The Morgan fingerprint density at radius 1 is 1.35 bits per heavy atom. The van der Waals surface area contributed by atoms with Crippen molar-refractivity contribution in [2.45, 2.75) is 12.7 Å². The molecule has 3 rings (SSSR count). The molecule has 7 nitrogen and oxygen atoms in total. The fourth-order valence-corrected chi connectivity index (χ4v) is 3.19. The Morgan fingerprint density at radius 3 is 2.73 bits per heavy atom. The first-order valence-electron chi connectivity index (χ1n) is 7.20. The van der Waals surface area contributed by atoms with Gasteiger partial charge in [-0.3, -0.25) is 14.9 Å². The third-order valence-corrected chi connectivity index (χ3v) is 4.58. The molecule has 0 atom stereocenters. The van der Waals surface area contributed by atoms with Crippen molar-refractivity contribution in [1.82, 2.24) is 9.97 Å². The number of anilines is 1. The summed E-state index contributed by atoms with van der Waals surface area (Å²) in [4.78, 5) is 30.0. The summed E-state index contributed by atoms with van der Waals surface area (Å²) >= 11 is 1.24. The van der Waals surface area contributed by atoms with Crippen LogP contribution in [0, 0.1) is 10.1 Å². The molecule has 26 heavy (non-hydrogen) atoms. The highest BCUT2D eigenvalue weighted by Crippen LogP contribution is 2.38. The largest absolute Gasteiger partial charge is 0.423 e. The number of alkyl halides is 3. The van der Waals surface area contributed by atoms with E-state index in [0.717, 1.165) is 6.07 Å². The molecule has 0 aliphatic rings. The van der Waals surface area contributed by atoms with Crippen LogP contribution in [0.2, 0.25) is 0 Å². The maximum atomic E-state index is 13.1. The number of thiophene rings is 1. The van der Waals surface area contributed by atoms with E-state index in [-0.39, 0.29) is 23.6 Å². The molecule has 0 radical (unpaired) electrons. The predicted molar refractivity (Wildman–Crippen MR) is 90.4 cm³/mol. The first-order valence-corrected chi connectivity index (χ1v) is 8.08. The Labute approximate surface area is 147 Å². The number of nitro groups is 1. The molecule has 1 N–H and O–H groups in total. The average Bonchev–Trinajstić information content (AvgIpc) is 3.02. The van der Waals surface area contributed by atoms with E-state index in [4.69, 9.17) is 0 Å². The zero-order valence-corrected chi connectivity index (χ0v) is 14.0. The van der Waals surface area contributed by atoms with Crippen molar-refractivity contribution in [1.29, 1.82) is 0 Å². The molecule has 0 spiro atoms. The van der Waals surface area contributed by atoms with E-state index >= 15 is 0 Å². The number of nitro benzene ring substituents is 1. The number of halogens is 3. The zero-order chi connectivity index (χ0) is 19.1. The van der Waals surface area contributed by atoms with Gasteiger partial charge in [-0.2, -0.15) is 13.2 Å². The molecule has 136 valence electrons. The lowest BCUT2D eigenvalue weighted by Crippen LogP contribution is -2.22. The second kappa shape index (κ2) is 6.41. The van der Waals surface area contributed by atoms with Crippen LogP contribution in [-0.4, -0.2) is 21.9 Å². The van der Waals surface area contributed by atoms with Gasteiger partial charge in [0.05, 0.1) is 17.0 Å². The van der Waals surface area contributed by atoms with Crippen molar-refractivity contribution < 1.29 is 18.1 Å². The quantitative estimate of drug-likeness (QED) is 0.549. The van der Waals surface area contributed by atoms with Gasteiger partial charge in [-0.05, 0) is 23.6 Å². The van der Waals surface area contributed by atoms with E-state index in [1.807, 2.05) is 0 Å². The van der Waals surface area contributed by atoms with Crippen LogP contribution in [0.4, 0.5) is 24.5 Å². The lowest BCUT2D eigenvalue weighted by molar-refractivity contribution is -0.388. The Morgan fingerprint density at radius 2 is 2.08 bits per heavy atom. The Kier molecular flexibility index (Phi) is 4.40. The van der Waals surface area contributed by atoms with Crippen molar-refractivity contribution >= 4 is 32.9 Å². The molecule has 1 aromatic carbocycles. The third-order valence-electron chi connectivity index (χ3n) is 3.67. The monoisotopic (exact) mass is 384 g/mol. The average molecular weight is 384 g/mol. The maximum Gasteiger partial charge on any atom is 0.423 e. The SMILES string of the molecule is CN(Cc1nc2ccsc2c(=O)[nH]1)c1ccc([N+](=O)[O-])c(C(F)(F)F)c1. The van der Waals surface area contributed by atoms with E-state index in [1.165, 1.54) is 29.4 Å². The number of nitrogens with zero attached hydrogens (tertiary/aromatic N) is 3. The second-order valence-electron chi connectivity index (χ2n) is 5.46. The molecule has 0 saturated heterocycles. The first kappa shape index (κ1) is 17.9. The van der Waals surface area contributed by atoms with E-state index in [1.54, 1.807) is 11.4 Å². The van der Waals surface area contributed by atoms with Crippen molar-refractivity contribution in [2.75, 3.05) is 11.9 Å². The maximum absolute atomic E-state index is 13.1. The van der Waals surface area contributed by atoms with Crippen LogP contribution >= 0.6 is 11.3 Å². The van der Waals surface area contributed by atoms with Gasteiger partial charge < -0.3 is 9.88 Å². The molecule has 0 fully saturated rings. The topological polar surface area (TPSA) is 92.1 Å². The zero-order valence-electron chi connectivity index (χ0n) is 13.2. The molecule has 11 heteroatoms. The van der Waals surface area contributed by atoms with Gasteiger partial charge >= 0.3 is 6.18 Å². The minimum Gasteiger partial charge on any atom is -0.367 e. The standard InChI is InChI=1S/C15H11F3N4O3S/c1-21(7-12-19-10-4-5-26-13(10)14(23)20-12)8-2-3-11(22(24)25)9(6-8)15(16,17)18/h2-6H,7H2,1H3,(H,19,20,23). The van der Waals surface area contributed by atoms with Crippen LogP contribution in [0.5, 0.6) is 0 Å². The van der Waals surface area contributed by atoms with Gasteiger partial charge in [0.15, 0.2) is 0 Å². The summed E-state index contributed by atoms with van der Waals surface area (Å²) in [6.07, 6.45) is -4.86. The van der Waals surface area contributed by atoms with Crippen molar-refractivity contribution in [3.63, 3.8) is 0 Å². The summed E-state index contributed by atoms with van der Waals surface area (Å²) in [5.74, 6) is 0.273. The smallest absolute Gasteiger partial charge is 0.367 e. The van der Waals surface area contributed by atoms with Gasteiger partial charge in [0, 0.05) is 18.8 Å². The van der Waals surface area contributed by atoms with Gasteiger partial charge in [-0.1, -0.05) is 0 Å². The molecule has 0 aliphatic carbocycles. The number of benzene rings is 1. The normalized spacial score (nSPS) is 11.7. The molecule has 0 saturated carbocycles. The fourth-order valence-electron chi connectivity index (χ4n) is 2.46. The summed E-state index contributed by atoms with van der Waals surface area (Å²) in [5, 5.41) is 12.5. The Hall–Kier alpha value is -2.95. The summed E-state index contributed by atoms with van der Waals surface area (Å²) in [6, 6.07) is 4.41. The Bertz CT molecular complexity index is 1040. The molecule has 2 aromatic heterocycles. The highest BCUT2D eigenvalue weighted by molar-refractivity contribution is 7.17. The van der Waals surface area contributed by atoms with Crippen LogP contribution in [0.15, 0.2) is 34.4 Å². The van der Waals surface area contributed by atoms with Crippen LogP contribution in [-0.2, 0) is 12.7 Å². The minimum absolute atomic E-state index is 0.0239. The Balaban J connectivity index is 1.95. The molecule has 0 unspecified atom stereocenters. The molecule has 2 heterocycles. The van der Waals surface area contributed by atoms with Crippen LogP contribution < -0.4 is 10.5 Å². The number of H-pyrrole nitrogens is 1. The number of aromatic nitrogens is 2. The number of nitrogens with one attached hydrogen (secondary N) is 1. The van der Waals surface area contributed by atoms with Crippen molar-refractivity contribution in [2.24, 2.45) is 0 Å². The fraction of sp³-hybridized carbons (Fsp3) is 0.200. The molecule has 0 aliphatic heterocycles. The van der Waals surface area contributed by atoms with E-state index in [0.29, 0.717) is 16.3 Å². The number of rotatable bonds is 4. The van der Waals surface area contributed by atoms with Crippen molar-refractivity contribution in [3.05, 3.63) is 61.5 Å². The minimum atomic E-state index is -4.86. The van der Waals surface area contributed by atoms with Gasteiger partial charge in [0.2, 0.25) is 0 Å². The number of hydrogen-bond acceptors (Lipinski definition) is 6. The van der Waals surface area contributed by atoms with Crippen molar-refractivity contribution in [3.8, 4) is 0 Å². The second-order valence-corrected chi connectivity index (χ2v) is 6.38. The lowest BCUT2D eigenvalue weighted by atomic mass is 10.1. The van der Waals surface area contributed by atoms with Crippen LogP contribution in [0.3, 0.4) is 0 Å². The molecular weight excluding hydrogens is 373 g/mol. The summed E-state index contributed by atoms with van der Waals surface area (Å²) < 4.78 is 39.7. The summed E-state index contributed by atoms with van der Waals surface area (Å²) in [6.45, 7) is 0.0239. The first-order chi connectivity index (χ1) is 12.2. The van der Waals surface area contributed by atoms with Gasteiger partial charge in [0.1, 0.15) is 16.1 Å². The number of aromatic amines is 1. The van der Waals surface area contributed by atoms with Gasteiger partial charge in [-0.25, -0.2) is 4.98 Å².